The van der Waals surface area contributed by atoms with Crippen LogP contribution in [0.4, 0.5) is 5.13 Å². The second-order valence-electron chi connectivity index (χ2n) is 6.41. The van der Waals surface area contributed by atoms with Crippen LogP contribution in [0.2, 0.25) is 0 Å². The molecule has 0 unspecified atom stereocenters. The first-order chi connectivity index (χ1) is 13.8. The standard InChI is InChI=1S/C14H16N6O8S2/c1-14(2,12(23)24)28-19-8(6-5-29-13(16)17-6)10(21)18-9-7(3-4-15)20(11(9)22)30(25,26)27/h5,7,9H,3H2,1-2H3,(H2,16,17)(H,18,21)(H,23,24)(H,25,26,27)/b19-8+/t7-,9+/m0/s1. The smallest absolute Gasteiger partial charge is 0.362 e. The molecule has 16 heteroatoms. The minimum atomic E-state index is -4.93. The van der Waals surface area contributed by atoms with E-state index in [4.69, 9.17) is 25.5 Å². The van der Waals surface area contributed by atoms with Gasteiger partial charge >= 0.3 is 16.3 Å². The Balaban J connectivity index is 2.32. The number of thiazole rings is 1. The van der Waals surface area contributed by atoms with Crippen LogP contribution in [-0.2, 0) is 29.5 Å². The Morgan fingerprint density at radius 3 is 2.63 bits per heavy atom. The highest BCUT2D eigenvalue weighted by Crippen LogP contribution is 2.26. The van der Waals surface area contributed by atoms with Gasteiger partial charge in [-0.25, -0.2) is 14.1 Å². The first kappa shape index (κ1) is 23.0. The maximum Gasteiger partial charge on any atom is 0.362 e. The molecule has 2 heterocycles. The number of rotatable bonds is 8. The van der Waals surface area contributed by atoms with Crippen molar-refractivity contribution in [3.05, 3.63) is 11.1 Å². The van der Waals surface area contributed by atoms with Crippen LogP contribution in [-0.4, -0.2) is 68.5 Å². The zero-order valence-electron chi connectivity index (χ0n) is 15.5. The van der Waals surface area contributed by atoms with Gasteiger partial charge in [0, 0.05) is 5.38 Å². The summed E-state index contributed by atoms with van der Waals surface area (Å²) in [6, 6.07) is -1.16. The summed E-state index contributed by atoms with van der Waals surface area (Å²) in [5.74, 6) is -3.62. The van der Waals surface area contributed by atoms with Crippen LogP contribution in [0.1, 0.15) is 26.0 Å². The fourth-order valence-corrected chi connectivity index (χ4v) is 3.69. The van der Waals surface area contributed by atoms with Crippen LogP contribution in [0.3, 0.4) is 0 Å². The lowest BCUT2D eigenvalue weighted by molar-refractivity contribution is -0.161. The first-order valence-electron chi connectivity index (χ1n) is 7.99. The quantitative estimate of drug-likeness (QED) is 0.155. The Morgan fingerprint density at radius 2 is 2.17 bits per heavy atom. The van der Waals surface area contributed by atoms with Gasteiger partial charge in [-0.15, -0.1) is 11.3 Å². The van der Waals surface area contributed by atoms with E-state index in [2.05, 4.69) is 15.5 Å². The van der Waals surface area contributed by atoms with E-state index < -0.39 is 57.9 Å². The van der Waals surface area contributed by atoms with E-state index in [0.29, 0.717) is 0 Å². The van der Waals surface area contributed by atoms with Gasteiger partial charge in [0.25, 0.3) is 11.8 Å². The molecular weight excluding hydrogens is 444 g/mol. The maximum atomic E-state index is 12.7. The Hall–Kier alpha value is -3.29. The van der Waals surface area contributed by atoms with E-state index in [1.807, 2.05) is 0 Å². The molecule has 2 amide bonds. The van der Waals surface area contributed by atoms with E-state index in [1.165, 1.54) is 19.2 Å². The van der Waals surface area contributed by atoms with E-state index in [1.54, 1.807) is 6.07 Å². The number of nitrogens with two attached hydrogens (primary N) is 1. The summed E-state index contributed by atoms with van der Waals surface area (Å²) in [6.45, 7) is 2.35. The number of nitrogens with zero attached hydrogens (tertiary/aromatic N) is 4. The summed E-state index contributed by atoms with van der Waals surface area (Å²) < 4.78 is 31.8. The molecule has 1 saturated heterocycles. The number of carboxylic acid groups (broad SMARTS) is 1. The number of β-lactam (4-membered cyclic amide) rings is 1. The zero-order valence-corrected chi connectivity index (χ0v) is 17.1. The van der Waals surface area contributed by atoms with Gasteiger partial charge in [0.1, 0.15) is 11.7 Å². The van der Waals surface area contributed by atoms with E-state index in [-0.39, 0.29) is 15.1 Å². The van der Waals surface area contributed by atoms with Gasteiger partial charge in [0.05, 0.1) is 18.5 Å². The lowest BCUT2D eigenvalue weighted by Gasteiger charge is -2.43. The summed E-state index contributed by atoms with van der Waals surface area (Å²) in [4.78, 5) is 44.7. The molecule has 14 nitrogen and oxygen atoms in total. The predicted octanol–water partition coefficient (Wildman–Crippen LogP) is -1.28. The molecule has 5 N–H and O–H groups in total. The number of amides is 2. The van der Waals surface area contributed by atoms with Gasteiger partial charge in [0.2, 0.25) is 5.60 Å². The van der Waals surface area contributed by atoms with E-state index >= 15 is 0 Å². The number of anilines is 1. The fraction of sp³-hybridized carbons (Fsp3) is 0.429. The molecule has 0 radical (unpaired) electrons. The van der Waals surface area contributed by atoms with Crippen molar-refractivity contribution in [2.75, 3.05) is 5.73 Å². The van der Waals surface area contributed by atoms with Crippen molar-refractivity contribution in [1.29, 1.82) is 5.26 Å². The van der Waals surface area contributed by atoms with Gasteiger partial charge in [0.15, 0.2) is 10.8 Å². The van der Waals surface area contributed by atoms with Crippen LogP contribution >= 0.6 is 11.3 Å². The average Bonchev–Trinajstić information content (AvgIpc) is 3.04. The monoisotopic (exact) mass is 460 g/mol. The second-order valence-corrected chi connectivity index (χ2v) is 8.59. The number of carbonyl (C=O) groups excluding carboxylic acids is 2. The number of oxime groups is 1. The zero-order chi connectivity index (χ0) is 22.9. The Labute approximate surface area is 173 Å². The van der Waals surface area contributed by atoms with Crippen molar-refractivity contribution in [3.8, 4) is 6.07 Å². The van der Waals surface area contributed by atoms with Crippen LogP contribution in [0.5, 0.6) is 0 Å². The van der Waals surface area contributed by atoms with Crippen molar-refractivity contribution in [2.45, 2.75) is 38.0 Å². The second kappa shape index (κ2) is 8.22. The van der Waals surface area contributed by atoms with Gasteiger partial charge in [-0.2, -0.15) is 13.7 Å². The number of nitrogen functional groups attached to an aromatic ring is 1. The highest BCUT2D eigenvalue weighted by Gasteiger charge is 2.54. The minimum Gasteiger partial charge on any atom is -0.478 e. The molecule has 2 atom stereocenters. The first-order valence-corrected chi connectivity index (χ1v) is 10.3. The van der Waals surface area contributed by atoms with Crippen molar-refractivity contribution in [2.24, 2.45) is 5.16 Å². The summed E-state index contributed by atoms with van der Waals surface area (Å²) >= 11 is 0.945. The summed E-state index contributed by atoms with van der Waals surface area (Å²) in [5, 5.41) is 25.0. The number of carboxylic acids is 1. The van der Waals surface area contributed by atoms with E-state index in [0.717, 1.165) is 11.3 Å². The minimum absolute atomic E-state index is 0.0580. The van der Waals surface area contributed by atoms with Crippen molar-refractivity contribution in [1.82, 2.24) is 14.6 Å². The van der Waals surface area contributed by atoms with Gasteiger partial charge in [-0.05, 0) is 13.8 Å². The largest absolute Gasteiger partial charge is 0.478 e. The molecule has 0 saturated carbocycles. The number of carbonyl (C=O) groups is 3. The number of nitrogens with one attached hydrogen (secondary N) is 1. The van der Waals surface area contributed by atoms with Gasteiger partial charge in [-0.1, -0.05) is 5.16 Å². The summed E-state index contributed by atoms with van der Waals surface area (Å²) in [7, 11) is -4.93. The molecule has 1 aliphatic rings. The fourth-order valence-electron chi connectivity index (χ4n) is 2.26. The van der Waals surface area contributed by atoms with Crippen LogP contribution in [0, 0.1) is 11.3 Å². The summed E-state index contributed by atoms with van der Waals surface area (Å²) in [6.07, 6.45) is -0.505. The molecular formula is C14H16N6O8S2. The third kappa shape index (κ3) is 4.64. The average molecular weight is 460 g/mol. The lowest BCUT2D eigenvalue weighted by Crippen LogP contribution is -2.72. The normalized spacial score (nSPS) is 19.6. The highest BCUT2D eigenvalue weighted by atomic mass is 32.2. The Bertz CT molecular complexity index is 1060. The van der Waals surface area contributed by atoms with Gasteiger partial charge in [-0.3, -0.25) is 14.1 Å². The molecule has 0 aromatic carbocycles. The van der Waals surface area contributed by atoms with Gasteiger partial charge < -0.3 is 21.0 Å². The highest BCUT2D eigenvalue weighted by molar-refractivity contribution is 7.84. The van der Waals surface area contributed by atoms with Crippen molar-refractivity contribution in [3.63, 3.8) is 0 Å². The number of aliphatic carboxylic acids is 1. The number of nitriles is 1. The molecule has 0 bridgehead atoms. The third-order valence-corrected chi connectivity index (χ3v) is 5.49. The van der Waals surface area contributed by atoms with Crippen LogP contribution in [0.15, 0.2) is 10.5 Å². The SMILES string of the molecule is CC(C)(O/N=C(/C(=O)N[C@H]1C(=O)N(S(=O)(=O)O)[C@H]1CC#N)c1csc(N)n1)C(=O)O. The lowest BCUT2D eigenvalue weighted by atomic mass is 9.96. The molecule has 1 fully saturated rings. The molecule has 30 heavy (non-hydrogen) atoms. The summed E-state index contributed by atoms with van der Waals surface area (Å²) in [5.41, 5.74) is 3.09. The van der Waals surface area contributed by atoms with Crippen LogP contribution in [0.25, 0.3) is 0 Å². The van der Waals surface area contributed by atoms with Crippen LogP contribution < -0.4 is 11.1 Å². The number of aromatic nitrogens is 1. The third-order valence-electron chi connectivity index (χ3n) is 3.86. The maximum absolute atomic E-state index is 12.7. The molecule has 1 aromatic rings. The molecule has 1 aliphatic heterocycles. The molecule has 1 aromatic heterocycles. The molecule has 0 aliphatic carbocycles. The van der Waals surface area contributed by atoms with E-state index in [9.17, 15) is 22.8 Å². The van der Waals surface area contributed by atoms with Crippen molar-refractivity contribution >= 4 is 50.3 Å². The molecule has 162 valence electrons. The van der Waals surface area contributed by atoms with Crippen molar-refractivity contribution < 1.29 is 37.3 Å². The number of hydrogen-bond donors (Lipinski definition) is 4. The number of hydrogen-bond acceptors (Lipinski definition) is 11. The topological polar surface area (TPSA) is 225 Å². The molecule has 2 rings (SSSR count). The Kier molecular flexibility index (Phi) is 6.30. The Morgan fingerprint density at radius 1 is 1.53 bits per heavy atom. The molecule has 0 spiro atoms. The predicted molar refractivity (Wildman–Crippen MR) is 100 cm³/mol.